The molecule has 126 valence electrons. The second-order valence-electron chi connectivity index (χ2n) is 5.32. The fourth-order valence-electron chi connectivity index (χ4n) is 2.66. The van der Waals surface area contributed by atoms with Crippen LogP contribution in [0.15, 0.2) is 54.1 Å². The molecule has 7 nitrogen and oxygen atoms in total. The summed E-state index contributed by atoms with van der Waals surface area (Å²) in [5.74, 6) is -2.29. The number of para-hydroxylation sites is 1. The molecule has 8 heteroatoms. The first kappa shape index (κ1) is 16.7. The number of hydrogen-bond acceptors (Lipinski definition) is 5. The third-order valence-electron chi connectivity index (χ3n) is 3.83. The van der Waals surface area contributed by atoms with Gasteiger partial charge in [0.15, 0.2) is 0 Å². The molecule has 2 aromatic rings. The van der Waals surface area contributed by atoms with Crippen molar-refractivity contribution in [3.05, 3.63) is 80.4 Å². The molecule has 2 aromatic carbocycles. The largest absolute Gasteiger partial charge is 0.507 e. The van der Waals surface area contributed by atoms with Crippen molar-refractivity contribution in [3.8, 4) is 0 Å². The fourth-order valence-corrected chi connectivity index (χ4v) is 2.79. The molecular formula is C17H11ClN2O5. The van der Waals surface area contributed by atoms with Gasteiger partial charge in [-0.15, -0.1) is 0 Å². The van der Waals surface area contributed by atoms with E-state index in [1.165, 1.54) is 42.5 Å². The Morgan fingerprint density at radius 2 is 1.76 bits per heavy atom. The van der Waals surface area contributed by atoms with Crippen LogP contribution in [0.2, 0.25) is 5.02 Å². The summed E-state index contributed by atoms with van der Waals surface area (Å²) in [5, 5.41) is 24.6. The Labute approximate surface area is 146 Å². The molecule has 0 aliphatic carbocycles. The lowest BCUT2D eigenvalue weighted by molar-refractivity contribution is -0.385. The number of nitro groups is 1. The number of aliphatic hydroxyl groups is 1. The summed E-state index contributed by atoms with van der Waals surface area (Å²) in [4.78, 5) is 34.7. The molecule has 0 saturated carbocycles. The van der Waals surface area contributed by atoms with Gasteiger partial charge >= 0.3 is 0 Å². The zero-order valence-electron chi connectivity index (χ0n) is 12.6. The minimum absolute atomic E-state index is 0.113. The number of nitro benzene ring substituents is 1. The minimum atomic E-state index is -1.11. The maximum absolute atomic E-state index is 12.2. The van der Waals surface area contributed by atoms with E-state index in [4.69, 9.17) is 11.6 Å². The summed E-state index contributed by atoms with van der Waals surface area (Å²) < 4.78 is 0. The van der Waals surface area contributed by atoms with Crippen molar-refractivity contribution in [1.82, 2.24) is 5.32 Å². The molecule has 3 rings (SSSR count). The highest BCUT2D eigenvalue weighted by Gasteiger charge is 2.42. The van der Waals surface area contributed by atoms with E-state index in [1.807, 2.05) is 0 Å². The number of ketones is 1. The molecule has 1 heterocycles. The lowest BCUT2D eigenvalue weighted by Crippen LogP contribution is -2.21. The van der Waals surface area contributed by atoms with Gasteiger partial charge in [0.1, 0.15) is 5.76 Å². The first-order valence-corrected chi connectivity index (χ1v) is 7.55. The average Bonchev–Trinajstić information content (AvgIpc) is 2.90. The quantitative estimate of drug-likeness (QED) is 0.288. The van der Waals surface area contributed by atoms with E-state index in [9.17, 15) is 24.8 Å². The topological polar surface area (TPSA) is 110 Å². The van der Waals surface area contributed by atoms with Gasteiger partial charge in [0.2, 0.25) is 0 Å². The van der Waals surface area contributed by atoms with E-state index in [0.717, 1.165) is 0 Å². The Morgan fingerprint density at radius 1 is 1.12 bits per heavy atom. The highest BCUT2D eigenvalue weighted by Crippen LogP contribution is 2.36. The minimum Gasteiger partial charge on any atom is -0.507 e. The van der Waals surface area contributed by atoms with Crippen LogP contribution in [0, 0.1) is 10.1 Å². The predicted molar refractivity (Wildman–Crippen MR) is 90.0 cm³/mol. The number of aliphatic hydroxyl groups excluding tert-OH is 1. The summed E-state index contributed by atoms with van der Waals surface area (Å²) >= 11 is 5.80. The number of amides is 1. The third-order valence-corrected chi connectivity index (χ3v) is 4.08. The highest BCUT2D eigenvalue weighted by molar-refractivity contribution is 6.46. The molecule has 1 aliphatic rings. The SMILES string of the molecule is O=C1NC(c2ccccc2[N+](=O)[O-])/C(=C(\O)c2ccc(Cl)cc2)C1=O. The van der Waals surface area contributed by atoms with E-state index >= 15 is 0 Å². The van der Waals surface area contributed by atoms with E-state index < -0.39 is 28.4 Å². The summed E-state index contributed by atoms with van der Waals surface area (Å²) in [6.07, 6.45) is 0. The predicted octanol–water partition coefficient (Wildman–Crippen LogP) is 2.96. The zero-order valence-corrected chi connectivity index (χ0v) is 13.4. The number of Topliss-reactive ketones (excluding diaryl/α,β-unsaturated/α-hetero) is 1. The lowest BCUT2D eigenvalue weighted by atomic mass is 9.95. The maximum atomic E-state index is 12.2. The van der Waals surface area contributed by atoms with Crippen LogP contribution in [0.25, 0.3) is 5.76 Å². The van der Waals surface area contributed by atoms with Crippen molar-refractivity contribution in [3.63, 3.8) is 0 Å². The fraction of sp³-hybridized carbons (Fsp3) is 0.0588. The van der Waals surface area contributed by atoms with Gasteiger partial charge in [-0.3, -0.25) is 19.7 Å². The second-order valence-corrected chi connectivity index (χ2v) is 5.76. The van der Waals surface area contributed by atoms with Crippen molar-refractivity contribution in [1.29, 1.82) is 0 Å². The van der Waals surface area contributed by atoms with Crippen LogP contribution >= 0.6 is 11.6 Å². The van der Waals surface area contributed by atoms with Crippen LogP contribution in [0.5, 0.6) is 0 Å². The van der Waals surface area contributed by atoms with Crippen molar-refractivity contribution in [2.24, 2.45) is 0 Å². The van der Waals surface area contributed by atoms with Crippen LogP contribution < -0.4 is 5.32 Å². The van der Waals surface area contributed by atoms with Crippen molar-refractivity contribution >= 4 is 34.7 Å². The van der Waals surface area contributed by atoms with Gasteiger partial charge in [0.25, 0.3) is 17.4 Å². The third kappa shape index (κ3) is 2.97. The molecule has 1 atom stereocenters. The second kappa shape index (κ2) is 6.37. The number of carbonyl (C=O) groups is 2. The number of nitrogens with one attached hydrogen (secondary N) is 1. The zero-order chi connectivity index (χ0) is 18.1. The van der Waals surface area contributed by atoms with Gasteiger partial charge in [-0.25, -0.2) is 0 Å². The van der Waals surface area contributed by atoms with E-state index in [-0.39, 0.29) is 22.4 Å². The van der Waals surface area contributed by atoms with E-state index in [0.29, 0.717) is 5.02 Å². The standard InChI is InChI=1S/C17H11ClN2O5/c18-10-7-5-9(6-8-10)15(21)13-14(19-17(23)16(13)22)11-3-1-2-4-12(11)20(24)25/h1-8,14,21H,(H,19,23)/b15-13+. The molecule has 25 heavy (non-hydrogen) atoms. The summed E-state index contributed by atoms with van der Waals surface area (Å²) in [5.41, 5.74) is -0.111. The average molecular weight is 359 g/mol. The Hall–Kier alpha value is -3.19. The van der Waals surface area contributed by atoms with Crippen LogP contribution in [-0.4, -0.2) is 21.7 Å². The number of benzene rings is 2. The summed E-state index contributed by atoms with van der Waals surface area (Å²) in [7, 11) is 0. The van der Waals surface area contributed by atoms with Crippen LogP contribution in [0.1, 0.15) is 17.2 Å². The molecule has 1 amide bonds. The number of nitrogens with zero attached hydrogens (tertiary/aromatic N) is 1. The van der Waals surface area contributed by atoms with Gasteiger partial charge in [-0.05, 0) is 30.3 Å². The van der Waals surface area contributed by atoms with Crippen molar-refractivity contribution < 1.29 is 19.6 Å². The van der Waals surface area contributed by atoms with Gasteiger partial charge in [0.05, 0.1) is 22.1 Å². The number of hydrogen-bond donors (Lipinski definition) is 2. The monoisotopic (exact) mass is 358 g/mol. The summed E-state index contributed by atoms with van der Waals surface area (Å²) in [6.45, 7) is 0. The Balaban J connectivity index is 2.18. The van der Waals surface area contributed by atoms with Crippen LogP contribution in [0.3, 0.4) is 0 Å². The number of rotatable bonds is 3. The molecule has 0 aromatic heterocycles. The Bertz CT molecular complexity index is 921. The van der Waals surface area contributed by atoms with Gasteiger partial charge in [0, 0.05) is 16.7 Å². The number of halogens is 1. The van der Waals surface area contributed by atoms with Gasteiger partial charge in [-0.1, -0.05) is 23.7 Å². The van der Waals surface area contributed by atoms with Crippen LogP contribution in [0.4, 0.5) is 5.69 Å². The smallest absolute Gasteiger partial charge is 0.293 e. The number of carbonyl (C=O) groups excluding carboxylic acids is 2. The van der Waals surface area contributed by atoms with Gasteiger partial charge in [-0.2, -0.15) is 0 Å². The first-order chi connectivity index (χ1) is 11.9. The lowest BCUT2D eigenvalue weighted by Gasteiger charge is -2.13. The Morgan fingerprint density at radius 3 is 2.40 bits per heavy atom. The highest BCUT2D eigenvalue weighted by atomic mass is 35.5. The molecule has 1 aliphatic heterocycles. The summed E-state index contributed by atoms with van der Waals surface area (Å²) in [6, 6.07) is 10.6. The van der Waals surface area contributed by atoms with E-state index in [2.05, 4.69) is 5.32 Å². The molecular weight excluding hydrogens is 348 g/mol. The van der Waals surface area contributed by atoms with Crippen molar-refractivity contribution in [2.75, 3.05) is 0 Å². The van der Waals surface area contributed by atoms with Gasteiger partial charge < -0.3 is 10.4 Å². The first-order valence-electron chi connectivity index (χ1n) is 7.17. The van der Waals surface area contributed by atoms with E-state index in [1.54, 1.807) is 6.07 Å². The molecule has 0 radical (unpaired) electrons. The maximum Gasteiger partial charge on any atom is 0.293 e. The Kier molecular flexibility index (Phi) is 4.24. The molecule has 0 spiro atoms. The molecule has 1 saturated heterocycles. The van der Waals surface area contributed by atoms with Crippen molar-refractivity contribution in [2.45, 2.75) is 6.04 Å². The van der Waals surface area contributed by atoms with Crippen LogP contribution in [-0.2, 0) is 9.59 Å². The normalized spacial score (nSPS) is 18.8. The molecule has 1 fully saturated rings. The molecule has 1 unspecified atom stereocenters. The molecule has 2 N–H and O–H groups in total. The molecule has 0 bridgehead atoms.